The summed E-state index contributed by atoms with van der Waals surface area (Å²) in [5.41, 5.74) is 0.178. The minimum atomic E-state index is -3.78. The van der Waals surface area contributed by atoms with Crippen LogP contribution in [0.1, 0.15) is 33.3 Å². The van der Waals surface area contributed by atoms with Crippen molar-refractivity contribution in [3.63, 3.8) is 0 Å². The molecule has 0 radical (unpaired) electrons. The second kappa shape index (κ2) is 6.00. The van der Waals surface area contributed by atoms with Crippen molar-refractivity contribution in [3.05, 3.63) is 29.6 Å². The van der Waals surface area contributed by atoms with E-state index in [0.29, 0.717) is 5.56 Å². The fourth-order valence-corrected chi connectivity index (χ4v) is 3.88. The third-order valence-electron chi connectivity index (χ3n) is 3.63. The molecule has 1 rings (SSSR count). The van der Waals surface area contributed by atoms with Gasteiger partial charge in [-0.05, 0) is 30.0 Å². The highest BCUT2D eigenvalue weighted by Crippen LogP contribution is 2.29. The van der Waals surface area contributed by atoms with Gasteiger partial charge < -0.3 is 0 Å². The van der Waals surface area contributed by atoms with Crippen molar-refractivity contribution in [3.8, 4) is 0 Å². The van der Waals surface area contributed by atoms with Gasteiger partial charge in [-0.15, -0.1) is 11.6 Å². The van der Waals surface area contributed by atoms with Crippen molar-refractivity contribution in [2.24, 2.45) is 5.41 Å². The van der Waals surface area contributed by atoms with Gasteiger partial charge in [0, 0.05) is 19.0 Å². The predicted octanol–water partition coefficient (Wildman–Crippen LogP) is 3.62. The first-order valence-corrected chi connectivity index (χ1v) is 8.31. The van der Waals surface area contributed by atoms with Crippen LogP contribution in [0.5, 0.6) is 0 Å². The monoisotopic (exact) mass is 321 g/mol. The topological polar surface area (TPSA) is 37.4 Å². The van der Waals surface area contributed by atoms with E-state index in [0.717, 1.165) is 6.07 Å². The Kier molecular flexibility index (Phi) is 5.22. The standard InChI is InChI=1S/C14H21ClFNO2S/c1-10(14(2,3)4)17(5)20(18,19)13-8-12(16)7-6-11(13)9-15/h6-8,10H,9H2,1-5H3. The first kappa shape index (κ1) is 17.4. The van der Waals surface area contributed by atoms with E-state index in [-0.39, 0.29) is 22.2 Å². The van der Waals surface area contributed by atoms with Crippen LogP contribution in [0.2, 0.25) is 0 Å². The molecule has 0 aliphatic heterocycles. The number of sulfonamides is 1. The second-order valence-corrected chi connectivity index (χ2v) is 8.18. The number of halogens is 2. The Bertz CT molecular complexity index is 581. The molecule has 114 valence electrons. The van der Waals surface area contributed by atoms with E-state index in [4.69, 9.17) is 11.6 Å². The van der Waals surface area contributed by atoms with Gasteiger partial charge in [0.1, 0.15) is 5.82 Å². The number of hydrogen-bond donors (Lipinski definition) is 0. The average molecular weight is 322 g/mol. The lowest BCUT2D eigenvalue weighted by molar-refractivity contribution is 0.216. The zero-order valence-electron chi connectivity index (χ0n) is 12.4. The Hall–Kier alpha value is -0.650. The number of rotatable bonds is 4. The molecule has 0 aromatic heterocycles. The minimum Gasteiger partial charge on any atom is -0.207 e. The SMILES string of the molecule is CC(N(C)S(=O)(=O)c1cc(F)ccc1CCl)C(C)(C)C. The first-order valence-electron chi connectivity index (χ1n) is 6.34. The first-order chi connectivity index (χ1) is 9.01. The van der Waals surface area contributed by atoms with Crippen LogP contribution in [0, 0.1) is 11.2 Å². The van der Waals surface area contributed by atoms with Gasteiger partial charge in [0.2, 0.25) is 10.0 Å². The summed E-state index contributed by atoms with van der Waals surface area (Å²) in [5.74, 6) is -0.568. The minimum absolute atomic E-state index is 0.0204. The summed E-state index contributed by atoms with van der Waals surface area (Å²) in [4.78, 5) is -0.0638. The maximum atomic E-state index is 13.4. The summed E-state index contributed by atoms with van der Waals surface area (Å²) in [7, 11) is -2.27. The molecule has 0 bridgehead atoms. The van der Waals surface area contributed by atoms with Crippen LogP contribution in [0.25, 0.3) is 0 Å². The summed E-state index contributed by atoms with van der Waals surface area (Å²) >= 11 is 5.76. The van der Waals surface area contributed by atoms with Crippen molar-refractivity contribution >= 4 is 21.6 Å². The molecule has 1 unspecified atom stereocenters. The normalized spacial score (nSPS) is 14.6. The van der Waals surface area contributed by atoms with E-state index in [2.05, 4.69) is 0 Å². The average Bonchev–Trinajstić information content (AvgIpc) is 2.35. The van der Waals surface area contributed by atoms with Crippen molar-refractivity contribution in [1.29, 1.82) is 0 Å². The fraction of sp³-hybridized carbons (Fsp3) is 0.571. The lowest BCUT2D eigenvalue weighted by atomic mass is 9.88. The molecule has 6 heteroatoms. The Balaban J connectivity index is 3.34. The van der Waals surface area contributed by atoms with Crippen LogP contribution in [0.3, 0.4) is 0 Å². The number of nitrogens with zero attached hydrogens (tertiary/aromatic N) is 1. The van der Waals surface area contributed by atoms with Gasteiger partial charge in [-0.1, -0.05) is 26.8 Å². The Morgan fingerprint density at radius 1 is 1.35 bits per heavy atom. The van der Waals surface area contributed by atoms with Crippen LogP contribution >= 0.6 is 11.6 Å². The highest BCUT2D eigenvalue weighted by atomic mass is 35.5. The van der Waals surface area contributed by atoms with Crippen LogP contribution in [-0.2, 0) is 15.9 Å². The summed E-state index contributed by atoms with van der Waals surface area (Å²) in [5, 5.41) is 0. The van der Waals surface area contributed by atoms with Gasteiger partial charge in [-0.2, -0.15) is 4.31 Å². The largest absolute Gasteiger partial charge is 0.243 e. The number of benzene rings is 1. The van der Waals surface area contributed by atoms with E-state index in [9.17, 15) is 12.8 Å². The summed E-state index contributed by atoms with van der Waals surface area (Å²) in [6, 6.07) is 3.41. The van der Waals surface area contributed by atoms with Gasteiger partial charge in [0.15, 0.2) is 0 Å². The van der Waals surface area contributed by atoms with E-state index in [1.54, 1.807) is 0 Å². The maximum absolute atomic E-state index is 13.4. The fourth-order valence-electron chi connectivity index (χ4n) is 1.79. The smallest absolute Gasteiger partial charge is 0.207 e. The lowest BCUT2D eigenvalue weighted by Gasteiger charge is -2.34. The Labute approximate surface area is 125 Å². The molecule has 3 nitrogen and oxygen atoms in total. The number of alkyl halides is 1. The third-order valence-corrected chi connectivity index (χ3v) is 5.93. The van der Waals surface area contributed by atoms with Crippen LogP contribution in [-0.4, -0.2) is 25.8 Å². The summed E-state index contributed by atoms with van der Waals surface area (Å²) in [6.07, 6.45) is 0. The predicted molar refractivity (Wildman–Crippen MR) is 79.8 cm³/mol. The van der Waals surface area contributed by atoms with Crippen molar-refractivity contribution in [2.75, 3.05) is 7.05 Å². The molecule has 0 N–H and O–H groups in total. The molecule has 0 fully saturated rings. The van der Waals surface area contributed by atoms with Gasteiger partial charge in [-0.25, -0.2) is 12.8 Å². The molecule has 0 aliphatic rings. The molecule has 0 saturated heterocycles. The molecule has 0 spiro atoms. The molecule has 0 heterocycles. The highest BCUT2D eigenvalue weighted by molar-refractivity contribution is 7.89. The molecular formula is C14H21ClFNO2S. The lowest BCUT2D eigenvalue weighted by Crippen LogP contribution is -2.43. The second-order valence-electron chi connectivity index (χ2n) is 5.95. The van der Waals surface area contributed by atoms with E-state index >= 15 is 0 Å². The molecule has 0 saturated carbocycles. The molecule has 1 atom stereocenters. The van der Waals surface area contributed by atoms with Gasteiger partial charge in [0.05, 0.1) is 4.90 Å². The molecule has 0 amide bonds. The van der Waals surface area contributed by atoms with E-state index in [1.165, 1.54) is 23.5 Å². The quantitative estimate of drug-likeness (QED) is 0.794. The zero-order valence-corrected chi connectivity index (χ0v) is 14.0. The molecule has 0 aliphatic carbocycles. The molecule has 1 aromatic carbocycles. The van der Waals surface area contributed by atoms with Gasteiger partial charge >= 0.3 is 0 Å². The van der Waals surface area contributed by atoms with E-state index < -0.39 is 15.8 Å². The highest BCUT2D eigenvalue weighted by Gasteiger charge is 2.33. The van der Waals surface area contributed by atoms with Crippen molar-refractivity contribution in [2.45, 2.75) is 44.5 Å². The van der Waals surface area contributed by atoms with Crippen LogP contribution in [0.4, 0.5) is 4.39 Å². The maximum Gasteiger partial charge on any atom is 0.243 e. The van der Waals surface area contributed by atoms with Crippen molar-refractivity contribution < 1.29 is 12.8 Å². The Morgan fingerprint density at radius 2 is 1.90 bits per heavy atom. The van der Waals surface area contributed by atoms with Crippen LogP contribution in [0.15, 0.2) is 23.1 Å². The number of hydrogen-bond acceptors (Lipinski definition) is 2. The molecule has 1 aromatic rings. The summed E-state index contributed by atoms with van der Waals surface area (Å²) in [6.45, 7) is 7.70. The molecular weight excluding hydrogens is 301 g/mol. The zero-order chi connectivity index (χ0) is 15.7. The van der Waals surface area contributed by atoms with Gasteiger partial charge in [-0.3, -0.25) is 0 Å². The van der Waals surface area contributed by atoms with E-state index in [1.807, 2.05) is 27.7 Å². The third kappa shape index (κ3) is 3.51. The summed E-state index contributed by atoms with van der Waals surface area (Å²) < 4.78 is 40.0. The van der Waals surface area contributed by atoms with Crippen molar-refractivity contribution in [1.82, 2.24) is 4.31 Å². The molecule has 20 heavy (non-hydrogen) atoms. The Morgan fingerprint density at radius 3 is 2.35 bits per heavy atom. The van der Waals surface area contributed by atoms with Crippen LogP contribution < -0.4 is 0 Å². The van der Waals surface area contributed by atoms with Gasteiger partial charge in [0.25, 0.3) is 0 Å².